The Balaban J connectivity index is 3.14. The molecule has 5 heteroatoms. The third-order valence-corrected chi connectivity index (χ3v) is 2.80. The fourth-order valence-electron chi connectivity index (χ4n) is 1.93. The Bertz CT molecular complexity index is 392. The number of aliphatic hydroxyl groups is 1. The second-order valence-electron chi connectivity index (χ2n) is 4.32. The zero-order valence-corrected chi connectivity index (χ0v) is 13.3. The van der Waals surface area contributed by atoms with Crippen molar-refractivity contribution in [3.8, 4) is 17.2 Å². The van der Waals surface area contributed by atoms with Crippen molar-refractivity contribution >= 4 is 0 Å². The average molecular weight is 298 g/mol. The van der Waals surface area contributed by atoms with Gasteiger partial charge in [-0.05, 0) is 45.4 Å². The van der Waals surface area contributed by atoms with Crippen molar-refractivity contribution in [2.24, 2.45) is 0 Å². The van der Waals surface area contributed by atoms with Crippen molar-refractivity contribution in [1.82, 2.24) is 0 Å². The number of benzene rings is 1. The van der Waals surface area contributed by atoms with Gasteiger partial charge < -0.3 is 24.1 Å². The first-order chi connectivity index (χ1) is 10.2. The van der Waals surface area contributed by atoms with E-state index in [2.05, 4.69) is 0 Å². The Kier molecular flexibility index (Phi) is 7.93. The fourth-order valence-corrected chi connectivity index (χ4v) is 1.93. The minimum absolute atomic E-state index is 0.238. The van der Waals surface area contributed by atoms with Crippen LogP contribution < -0.4 is 14.2 Å². The van der Waals surface area contributed by atoms with Crippen LogP contribution in [0.25, 0.3) is 0 Å². The van der Waals surface area contributed by atoms with Crippen molar-refractivity contribution in [2.75, 3.05) is 33.0 Å². The summed E-state index contributed by atoms with van der Waals surface area (Å²) in [5, 5.41) is 10.2. The van der Waals surface area contributed by atoms with Gasteiger partial charge in [0.25, 0.3) is 0 Å². The molecule has 120 valence electrons. The van der Waals surface area contributed by atoms with E-state index in [4.69, 9.17) is 18.9 Å². The maximum absolute atomic E-state index is 10.2. The zero-order chi connectivity index (χ0) is 15.7. The summed E-state index contributed by atoms with van der Waals surface area (Å²) in [7, 11) is 0. The van der Waals surface area contributed by atoms with E-state index in [1.165, 1.54) is 0 Å². The predicted molar refractivity (Wildman–Crippen MR) is 81.4 cm³/mol. The van der Waals surface area contributed by atoms with E-state index in [0.29, 0.717) is 49.2 Å². The second kappa shape index (κ2) is 9.47. The van der Waals surface area contributed by atoms with Crippen molar-refractivity contribution in [3.63, 3.8) is 0 Å². The van der Waals surface area contributed by atoms with E-state index in [1.54, 1.807) is 12.1 Å². The highest BCUT2D eigenvalue weighted by Crippen LogP contribution is 2.40. The van der Waals surface area contributed by atoms with E-state index < -0.39 is 6.10 Å². The van der Waals surface area contributed by atoms with Gasteiger partial charge in [-0.25, -0.2) is 0 Å². The lowest BCUT2D eigenvalue weighted by molar-refractivity contribution is 0.0417. The fraction of sp³-hybridized carbons (Fsp3) is 0.625. The molecule has 0 aliphatic rings. The molecule has 1 rings (SSSR count). The van der Waals surface area contributed by atoms with Crippen LogP contribution in [0.1, 0.15) is 39.4 Å². The Labute approximate surface area is 126 Å². The highest BCUT2D eigenvalue weighted by Gasteiger charge is 2.18. The van der Waals surface area contributed by atoms with Crippen molar-refractivity contribution in [3.05, 3.63) is 17.7 Å². The van der Waals surface area contributed by atoms with Gasteiger partial charge in [-0.2, -0.15) is 0 Å². The molecule has 0 amide bonds. The summed E-state index contributed by atoms with van der Waals surface area (Å²) in [4.78, 5) is 0. The van der Waals surface area contributed by atoms with Crippen molar-refractivity contribution < 1.29 is 24.1 Å². The lowest BCUT2D eigenvalue weighted by atomic mass is 10.1. The molecule has 0 saturated heterocycles. The summed E-state index contributed by atoms with van der Waals surface area (Å²) >= 11 is 0. The number of aliphatic hydroxyl groups excluding tert-OH is 1. The van der Waals surface area contributed by atoms with Gasteiger partial charge in [0.05, 0.1) is 26.4 Å². The molecular weight excluding hydrogens is 272 g/mol. The lowest BCUT2D eigenvalue weighted by Crippen LogP contribution is -2.09. The van der Waals surface area contributed by atoms with Crippen LogP contribution in [0.3, 0.4) is 0 Å². The SMILES string of the molecule is CCOCC(O)c1cc(OCC)c(OCC)c(OCC)c1. The molecule has 0 aliphatic carbocycles. The van der Waals surface area contributed by atoms with Crippen molar-refractivity contribution in [1.29, 1.82) is 0 Å². The summed E-state index contributed by atoms with van der Waals surface area (Å²) in [5.74, 6) is 1.74. The van der Waals surface area contributed by atoms with E-state index in [1.807, 2.05) is 27.7 Å². The first-order valence-corrected chi connectivity index (χ1v) is 7.49. The number of hydrogen-bond donors (Lipinski definition) is 1. The molecule has 0 heterocycles. The molecule has 0 aliphatic heterocycles. The van der Waals surface area contributed by atoms with E-state index >= 15 is 0 Å². The van der Waals surface area contributed by atoms with Crippen LogP contribution in [0.4, 0.5) is 0 Å². The summed E-state index contributed by atoms with van der Waals surface area (Å²) in [6.45, 7) is 9.94. The molecular formula is C16H26O5. The smallest absolute Gasteiger partial charge is 0.203 e. The number of ether oxygens (including phenoxy) is 4. The molecule has 0 saturated carbocycles. The van der Waals surface area contributed by atoms with Crippen LogP contribution in [0, 0.1) is 0 Å². The van der Waals surface area contributed by atoms with E-state index in [-0.39, 0.29) is 6.61 Å². The Morgan fingerprint density at radius 3 is 1.81 bits per heavy atom. The highest BCUT2D eigenvalue weighted by molar-refractivity contribution is 5.54. The summed E-state index contributed by atoms with van der Waals surface area (Å²) < 4.78 is 22.1. The van der Waals surface area contributed by atoms with Gasteiger partial charge in [0.1, 0.15) is 6.10 Å². The third kappa shape index (κ3) is 5.10. The standard InChI is InChI=1S/C16H26O5/c1-5-18-11-13(17)12-9-14(19-6-2)16(21-8-4)15(10-12)20-7-3/h9-10,13,17H,5-8,11H2,1-4H3. The summed E-state index contributed by atoms with van der Waals surface area (Å²) in [6.07, 6.45) is -0.723. The molecule has 1 aromatic rings. The quantitative estimate of drug-likeness (QED) is 0.719. The van der Waals surface area contributed by atoms with Gasteiger partial charge in [0.2, 0.25) is 5.75 Å². The third-order valence-electron chi connectivity index (χ3n) is 2.80. The molecule has 1 N–H and O–H groups in total. The number of hydrogen-bond acceptors (Lipinski definition) is 5. The first-order valence-electron chi connectivity index (χ1n) is 7.49. The van der Waals surface area contributed by atoms with Crippen molar-refractivity contribution in [2.45, 2.75) is 33.8 Å². The van der Waals surface area contributed by atoms with Crippen LogP contribution in [0.15, 0.2) is 12.1 Å². The van der Waals surface area contributed by atoms with Crippen LogP contribution in [0.2, 0.25) is 0 Å². The minimum Gasteiger partial charge on any atom is -0.490 e. The van der Waals surface area contributed by atoms with Gasteiger partial charge in [0, 0.05) is 6.61 Å². The average Bonchev–Trinajstić information content (AvgIpc) is 2.48. The molecule has 0 radical (unpaired) electrons. The zero-order valence-electron chi connectivity index (χ0n) is 13.3. The van der Waals surface area contributed by atoms with Gasteiger partial charge in [-0.15, -0.1) is 0 Å². The minimum atomic E-state index is -0.723. The van der Waals surface area contributed by atoms with Crippen LogP contribution in [-0.2, 0) is 4.74 Å². The molecule has 1 atom stereocenters. The molecule has 21 heavy (non-hydrogen) atoms. The summed E-state index contributed by atoms with van der Waals surface area (Å²) in [5.41, 5.74) is 0.693. The van der Waals surface area contributed by atoms with E-state index in [0.717, 1.165) is 0 Å². The molecule has 0 aromatic heterocycles. The molecule has 5 nitrogen and oxygen atoms in total. The first kappa shape index (κ1) is 17.6. The number of rotatable bonds is 10. The predicted octanol–water partition coefficient (Wildman–Crippen LogP) is 2.95. The largest absolute Gasteiger partial charge is 0.490 e. The maximum atomic E-state index is 10.2. The topological polar surface area (TPSA) is 57.2 Å². The maximum Gasteiger partial charge on any atom is 0.203 e. The van der Waals surface area contributed by atoms with Crippen LogP contribution >= 0.6 is 0 Å². The molecule has 0 spiro atoms. The van der Waals surface area contributed by atoms with Gasteiger partial charge in [0.15, 0.2) is 11.5 Å². The molecule has 1 unspecified atom stereocenters. The summed E-state index contributed by atoms with van der Waals surface area (Å²) in [6, 6.07) is 3.56. The Morgan fingerprint density at radius 2 is 1.38 bits per heavy atom. The Hall–Kier alpha value is -1.46. The van der Waals surface area contributed by atoms with Gasteiger partial charge in [-0.1, -0.05) is 0 Å². The van der Waals surface area contributed by atoms with E-state index in [9.17, 15) is 5.11 Å². The second-order valence-corrected chi connectivity index (χ2v) is 4.32. The van der Waals surface area contributed by atoms with Gasteiger partial charge in [-0.3, -0.25) is 0 Å². The van der Waals surface area contributed by atoms with Gasteiger partial charge >= 0.3 is 0 Å². The molecule has 1 aromatic carbocycles. The van der Waals surface area contributed by atoms with Crippen LogP contribution in [0.5, 0.6) is 17.2 Å². The lowest BCUT2D eigenvalue weighted by Gasteiger charge is -2.19. The normalized spacial score (nSPS) is 12.0. The van der Waals surface area contributed by atoms with Crippen LogP contribution in [-0.4, -0.2) is 38.1 Å². The molecule has 0 fully saturated rings. The molecule has 0 bridgehead atoms. The Morgan fingerprint density at radius 1 is 0.857 bits per heavy atom. The monoisotopic (exact) mass is 298 g/mol. The highest BCUT2D eigenvalue weighted by atomic mass is 16.5.